The summed E-state index contributed by atoms with van der Waals surface area (Å²) >= 11 is 0. The smallest absolute Gasteiger partial charge is 0.421 e. The van der Waals surface area contributed by atoms with Crippen LogP contribution in [-0.2, 0) is 6.54 Å². The number of nitrogens with zero attached hydrogens (tertiary/aromatic N) is 3. The number of rotatable bonds is 6. The summed E-state index contributed by atoms with van der Waals surface area (Å²) in [6, 6.07) is 9.58. The Morgan fingerprint density at radius 2 is 1.96 bits per heavy atom. The third-order valence-corrected chi connectivity index (χ3v) is 5.18. The zero-order chi connectivity index (χ0) is 18.8. The van der Waals surface area contributed by atoms with E-state index in [0.717, 1.165) is 37.6 Å². The van der Waals surface area contributed by atoms with E-state index in [0.29, 0.717) is 23.7 Å². The number of fused-ring (bicyclic) bond motifs is 1. The zero-order valence-electron chi connectivity index (χ0n) is 15.6. The van der Waals surface area contributed by atoms with Crippen molar-refractivity contribution < 1.29 is 13.9 Å². The number of likely N-dealkylation sites (tertiary alicyclic amines) is 1. The lowest BCUT2D eigenvalue weighted by atomic mass is 9.98. The van der Waals surface area contributed by atoms with Gasteiger partial charge in [-0.05, 0) is 48.7 Å². The van der Waals surface area contributed by atoms with Crippen molar-refractivity contribution >= 4 is 11.2 Å². The van der Waals surface area contributed by atoms with Gasteiger partial charge in [-0.15, -0.1) is 0 Å². The minimum Gasteiger partial charge on any atom is -0.497 e. The summed E-state index contributed by atoms with van der Waals surface area (Å²) < 4.78 is 17.6. The number of hydrogen-bond donors (Lipinski definition) is 0. The van der Waals surface area contributed by atoms with Crippen LogP contribution in [0.2, 0.25) is 0 Å². The lowest BCUT2D eigenvalue weighted by molar-refractivity contribution is 0.314. The van der Waals surface area contributed by atoms with Crippen molar-refractivity contribution in [1.82, 2.24) is 14.5 Å². The van der Waals surface area contributed by atoms with Crippen molar-refractivity contribution in [3.8, 4) is 11.5 Å². The molecule has 1 aliphatic heterocycles. The topological polar surface area (TPSA) is 69.7 Å². The zero-order valence-corrected chi connectivity index (χ0v) is 15.6. The molecule has 0 amide bonds. The number of oxazole rings is 1. The summed E-state index contributed by atoms with van der Waals surface area (Å²) in [5, 5.41) is 0. The third-order valence-electron chi connectivity index (χ3n) is 5.18. The van der Waals surface area contributed by atoms with Crippen molar-refractivity contribution in [3.63, 3.8) is 0 Å². The van der Waals surface area contributed by atoms with Gasteiger partial charge in [-0.3, -0.25) is 4.57 Å². The molecule has 4 rings (SSSR count). The van der Waals surface area contributed by atoms with Crippen molar-refractivity contribution in [2.24, 2.45) is 0 Å². The number of ether oxygens (including phenoxy) is 2. The van der Waals surface area contributed by atoms with Gasteiger partial charge in [0, 0.05) is 31.9 Å². The van der Waals surface area contributed by atoms with Crippen LogP contribution in [0, 0.1) is 0 Å². The SMILES string of the molecule is COc1cc(OC)cc(C2CCN(CCn3c(=O)oc4cccnc43)C2)c1. The van der Waals surface area contributed by atoms with Gasteiger partial charge in [0.2, 0.25) is 0 Å². The second kappa shape index (κ2) is 7.44. The maximum atomic E-state index is 12.1. The average molecular weight is 369 g/mol. The van der Waals surface area contributed by atoms with Crippen molar-refractivity contribution in [3.05, 3.63) is 52.6 Å². The molecule has 7 heteroatoms. The molecule has 0 spiro atoms. The molecule has 0 radical (unpaired) electrons. The first-order chi connectivity index (χ1) is 13.2. The van der Waals surface area contributed by atoms with Crippen LogP contribution in [-0.4, -0.2) is 48.3 Å². The molecule has 0 N–H and O–H groups in total. The van der Waals surface area contributed by atoms with Gasteiger partial charge in [0.05, 0.1) is 14.2 Å². The molecule has 0 aliphatic carbocycles. The molecule has 142 valence electrons. The monoisotopic (exact) mass is 369 g/mol. The lowest BCUT2D eigenvalue weighted by Gasteiger charge is -2.17. The van der Waals surface area contributed by atoms with Gasteiger partial charge < -0.3 is 18.8 Å². The maximum absolute atomic E-state index is 12.1. The van der Waals surface area contributed by atoms with E-state index < -0.39 is 0 Å². The Hall–Kier alpha value is -2.80. The highest BCUT2D eigenvalue weighted by Crippen LogP contribution is 2.32. The Kier molecular flexibility index (Phi) is 4.85. The highest BCUT2D eigenvalue weighted by molar-refractivity contribution is 5.67. The number of methoxy groups -OCH3 is 2. The molecule has 7 nitrogen and oxygen atoms in total. The van der Waals surface area contributed by atoms with E-state index in [2.05, 4.69) is 22.0 Å². The van der Waals surface area contributed by atoms with Crippen molar-refractivity contribution in [2.75, 3.05) is 33.9 Å². The minimum atomic E-state index is -0.350. The summed E-state index contributed by atoms with van der Waals surface area (Å²) in [5.74, 6) is 1.69. The second-order valence-corrected chi connectivity index (χ2v) is 6.78. The lowest BCUT2D eigenvalue weighted by Crippen LogP contribution is -2.28. The molecule has 3 heterocycles. The van der Waals surface area contributed by atoms with E-state index in [1.54, 1.807) is 37.1 Å². The Morgan fingerprint density at radius 1 is 1.19 bits per heavy atom. The predicted molar refractivity (Wildman–Crippen MR) is 102 cm³/mol. The molecule has 1 atom stereocenters. The molecule has 1 fully saturated rings. The van der Waals surface area contributed by atoms with E-state index in [1.807, 2.05) is 6.07 Å². The van der Waals surface area contributed by atoms with Crippen molar-refractivity contribution in [1.29, 1.82) is 0 Å². The number of benzene rings is 1. The van der Waals surface area contributed by atoms with Gasteiger partial charge in [0.25, 0.3) is 0 Å². The Morgan fingerprint density at radius 3 is 2.70 bits per heavy atom. The Balaban J connectivity index is 1.44. The van der Waals surface area contributed by atoms with E-state index in [-0.39, 0.29) is 5.76 Å². The van der Waals surface area contributed by atoms with E-state index in [1.165, 1.54) is 5.56 Å². The maximum Gasteiger partial charge on any atom is 0.421 e. The Labute approximate surface area is 157 Å². The van der Waals surface area contributed by atoms with Crippen LogP contribution in [0.25, 0.3) is 11.2 Å². The number of aromatic nitrogens is 2. The minimum absolute atomic E-state index is 0.350. The second-order valence-electron chi connectivity index (χ2n) is 6.78. The predicted octanol–water partition coefficient (Wildman–Crippen LogP) is 2.50. The highest BCUT2D eigenvalue weighted by Gasteiger charge is 2.25. The molecule has 1 aliphatic rings. The van der Waals surface area contributed by atoms with Gasteiger partial charge in [-0.2, -0.15) is 0 Å². The van der Waals surface area contributed by atoms with E-state index in [9.17, 15) is 4.79 Å². The van der Waals surface area contributed by atoms with E-state index >= 15 is 0 Å². The summed E-state index contributed by atoms with van der Waals surface area (Å²) in [7, 11) is 3.33. The summed E-state index contributed by atoms with van der Waals surface area (Å²) in [6.45, 7) is 3.27. The summed E-state index contributed by atoms with van der Waals surface area (Å²) in [5.41, 5.74) is 2.36. The number of hydrogen-bond acceptors (Lipinski definition) is 6. The fraction of sp³-hybridized carbons (Fsp3) is 0.400. The standard InChI is InChI=1S/C20H23N3O4/c1-25-16-10-15(11-17(12-16)26-2)14-5-7-22(13-14)8-9-23-19-18(27-20(23)24)4-3-6-21-19/h3-4,6,10-12,14H,5,7-9,13H2,1-2H3. The quantitative estimate of drug-likeness (QED) is 0.665. The molecule has 1 aromatic carbocycles. The molecule has 27 heavy (non-hydrogen) atoms. The fourth-order valence-corrected chi connectivity index (χ4v) is 3.71. The summed E-state index contributed by atoms with van der Waals surface area (Å²) in [4.78, 5) is 18.7. The van der Waals surface area contributed by atoms with Crippen LogP contribution >= 0.6 is 0 Å². The fourth-order valence-electron chi connectivity index (χ4n) is 3.71. The molecule has 0 saturated carbocycles. The largest absolute Gasteiger partial charge is 0.497 e. The molecular formula is C20H23N3O4. The van der Waals surface area contributed by atoms with Crippen LogP contribution in [0.15, 0.2) is 45.7 Å². The van der Waals surface area contributed by atoms with Crippen LogP contribution < -0.4 is 15.2 Å². The van der Waals surface area contributed by atoms with Gasteiger partial charge in [-0.25, -0.2) is 9.78 Å². The third kappa shape index (κ3) is 3.55. The van der Waals surface area contributed by atoms with Crippen LogP contribution in [0.1, 0.15) is 17.9 Å². The molecule has 0 bridgehead atoms. The first-order valence-corrected chi connectivity index (χ1v) is 9.07. The highest BCUT2D eigenvalue weighted by atomic mass is 16.5. The van der Waals surface area contributed by atoms with Gasteiger partial charge in [-0.1, -0.05) is 0 Å². The Bertz CT molecular complexity index is 972. The van der Waals surface area contributed by atoms with Crippen molar-refractivity contribution in [2.45, 2.75) is 18.9 Å². The first-order valence-electron chi connectivity index (χ1n) is 9.07. The van der Waals surface area contributed by atoms with Crippen LogP contribution in [0.3, 0.4) is 0 Å². The summed E-state index contributed by atoms with van der Waals surface area (Å²) in [6.07, 6.45) is 2.74. The van der Waals surface area contributed by atoms with Crippen LogP contribution in [0.4, 0.5) is 0 Å². The molecule has 2 aromatic heterocycles. The van der Waals surface area contributed by atoms with E-state index in [4.69, 9.17) is 13.9 Å². The molecular weight excluding hydrogens is 346 g/mol. The van der Waals surface area contributed by atoms with Crippen LogP contribution in [0.5, 0.6) is 11.5 Å². The molecule has 1 unspecified atom stereocenters. The first kappa shape index (κ1) is 17.6. The molecule has 1 saturated heterocycles. The average Bonchev–Trinajstić information content (AvgIpc) is 3.29. The normalized spacial score (nSPS) is 17.5. The molecule has 3 aromatic rings. The van der Waals surface area contributed by atoms with Gasteiger partial charge >= 0.3 is 5.76 Å². The van der Waals surface area contributed by atoms with Gasteiger partial charge in [0.1, 0.15) is 11.5 Å². The number of pyridine rings is 1. The van der Waals surface area contributed by atoms with Gasteiger partial charge in [0.15, 0.2) is 11.2 Å².